The molecule has 1 aliphatic carbocycles. The molecule has 5 rings (SSSR count). The Morgan fingerprint density at radius 3 is 2.81 bits per heavy atom. The van der Waals surface area contributed by atoms with Crippen molar-refractivity contribution in [1.29, 1.82) is 0 Å². The van der Waals surface area contributed by atoms with Crippen molar-refractivity contribution < 1.29 is 9.53 Å². The number of fused-ring (bicyclic) bond motifs is 2. The van der Waals surface area contributed by atoms with Crippen LogP contribution in [0.2, 0.25) is 5.28 Å². The van der Waals surface area contributed by atoms with Gasteiger partial charge in [0.15, 0.2) is 0 Å². The number of aromatic nitrogens is 2. The molecule has 0 aromatic carbocycles. The van der Waals surface area contributed by atoms with E-state index in [0.29, 0.717) is 0 Å². The van der Waals surface area contributed by atoms with Gasteiger partial charge in [-0.3, -0.25) is 9.69 Å². The fourth-order valence-corrected chi connectivity index (χ4v) is 5.48. The Bertz CT molecular complexity index is 861. The summed E-state index contributed by atoms with van der Waals surface area (Å²) in [4.78, 5) is 28.0. The smallest absolute Gasteiger partial charge is 0.255 e. The number of halogens is 1. The van der Waals surface area contributed by atoms with Crippen molar-refractivity contribution in [2.45, 2.75) is 18.4 Å². The van der Waals surface area contributed by atoms with Crippen LogP contribution in [0.3, 0.4) is 0 Å². The van der Waals surface area contributed by atoms with Crippen molar-refractivity contribution in [2.24, 2.45) is 0 Å². The molecular formula is C18H19ClN4O2S. The van der Waals surface area contributed by atoms with Crippen LogP contribution in [0.15, 0.2) is 18.3 Å². The Balaban J connectivity index is 1.38. The minimum Gasteiger partial charge on any atom is -0.379 e. The number of hydrogen-bond acceptors (Lipinski definition) is 6. The highest BCUT2D eigenvalue weighted by molar-refractivity contribution is 7.16. The van der Waals surface area contributed by atoms with Crippen molar-refractivity contribution >= 4 is 28.8 Å². The summed E-state index contributed by atoms with van der Waals surface area (Å²) in [6.45, 7) is 5.19. The number of nitrogens with zero attached hydrogens (tertiary/aromatic N) is 4. The number of hydrogen-bond donors (Lipinski definition) is 0. The van der Waals surface area contributed by atoms with E-state index in [4.69, 9.17) is 16.3 Å². The third kappa shape index (κ3) is 2.65. The molecule has 1 spiro atoms. The number of carbonyl (C=O) groups excluding carboxylic acids is 1. The highest BCUT2D eigenvalue weighted by Crippen LogP contribution is 2.59. The summed E-state index contributed by atoms with van der Waals surface area (Å²) < 4.78 is 5.41. The van der Waals surface area contributed by atoms with Crippen LogP contribution in [0, 0.1) is 0 Å². The maximum Gasteiger partial charge on any atom is 0.255 e. The number of morpholine rings is 1. The Morgan fingerprint density at radius 2 is 2.08 bits per heavy atom. The van der Waals surface area contributed by atoms with Gasteiger partial charge in [0, 0.05) is 37.3 Å². The molecule has 0 N–H and O–H groups in total. The van der Waals surface area contributed by atoms with Crippen LogP contribution < -0.4 is 0 Å². The van der Waals surface area contributed by atoms with E-state index in [1.165, 1.54) is 4.88 Å². The summed E-state index contributed by atoms with van der Waals surface area (Å²) in [7, 11) is 0. The molecule has 6 nitrogen and oxygen atoms in total. The quantitative estimate of drug-likeness (QED) is 0.751. The molecule has 0 bridgehead atoms. The first-order valence-electron chi connectivity index (χ1n) is 8.93. The van der Waals surface area contributed by atoms with Crippen LogP contribution in [0.1, 0.15) is 28.1 Å². The van der Waals surface area contributed by atoms with Crippen molar-refractivity contribution in [3.05, 3.63) is 34.1 Å². The zero-order valence-corrected chi connectivity index (χ0v) is 15.9. The zero-order valence-electron chi connectivity index (χ0n) is 14.3. The monoisotopic (exact) mass is 390 g/mol. The SMILES string of the molecule is O=C1c2cc(-c3ccnc(Cl)n3)sc2C2(CC2)N1CCN1CCOCC1. The van der Waals surface area contributed by atoms with Crippen molar-refractivity contribution in [3.63, 3.8) is 0 Å². The van der Waals surface area contributed by atoms with Gasteiger partial charge in [0.05, 0.1) is 34.9 Å². The van der Waals surface area contributed by atoms with Gasteiger partial charge in [0.1, 0.15) is 0 Å². The van der Waals surface area contributed by atoms with E-state index in [2.05, 4.69) is 19.8 Å². The second kappa shape index (κ2) is 6.27. The first-order valence-corrected chi connectivity index (χ1v) is 10.1. The van der Waals surface area contributed by atoms with Crippen LogP contribution in [0.5, 0.6) is 0 Å². The van der Waals surface area contributed by atoms with Crippen molar-refractivity contribution in [2.75, 3.05) is 39.4 Å². The Morgan fingerprint density at radius 1 is 1.27 bits per heavy atom. The van der Waals surface area contributed by atoms with Crippen molar-refractivity contribution in [3.8, 4) is 10.6 Å². The third-order valence-corrected chi connectivity index (χ3v) is 7.03. The molecule has 0 radical (unpaired) electrons. The van der Waals surface area contributed by atoms with Gasteiger partial charge in [-0.1, -0.05) is 0 Å². The van der Waals surface area contributed by atoms with Gasteiger partial charge in [-0.25, -0.2) is 9.97 Å². The van der Waals surface area contributed by atoms with E-state index in [-0.39, 0.29) is 16.7 Å². The first kappa shape index (κ1) is 16.6. The molecule has 136 valence electrons. The van der Waals surface area contributed by atoms with Crippen LogP contribution in [-0.2, 0) is 10.3 Å². The molecule has 1 saturated heterocycles. The first-order chi connectivity index (χ1) is 12.7. The van der Waals surface area contributed by atoms with Gasteiger partial charge in [0.2, 0.25) is 5.28 Å². The molecule has 8 heteroatoms. The fraction of sp³-hybridized carbons (Fsp3) is 0.500. The minimum atomic E-state index is -0.0710. The summed E-state index contributed by atoms with van der Waals surface area (Å²) in [6.07, 6.45) is 3.76. The van der Waals surface area contributed by atoms with Gasteiger partial charge in [-0.05, 0) is 36.6 Å². The summed E-state index contributed by atoms with van der Waals surface area (Å²) in [5.41, 5.74) is 1.56. The Hall–Kier alpha value is -1.54. The number of ether oxygens (including phenoxy) is 1. The third-order valence-electron chi connectivity index (χ3n) is 5.49. The zero-order chi connectivity index (χ0) is 17.7. The number of amides is 1. The molecular weight excluding hydrogens is 372 g/mol. The van der Waals surface area contributed by atoms with Gasteiger partial charge < -0.3 is 9.64 Å². The Labute approximate surface area is 160 Å². The molecule has 2 aromatic heterocycles. The maximum absolute atomic E-state index is 13.1. The molecule has 26 heavy (non-hydrogen) atoms. The average molecular weight is 391 g/mol. The Kier molecular flexibility index (Phi) is 4.01. The van der Waals surface area contributed by atoms with E-state index in [9.17, 15) is 4.79 Å². The highest BCUT2D eigenvalue weighted by Gasteiger charge is 2.59. The van der Waals surface area contributed by atoms with E-state index in [1.807, 2.05) is 12.1 Å². The highest BCUT2D eigenvalue weighted by atomic mass is 35.5. The molecule has 0 atom stereocenters. The summed E-state index contributed by atoms with van der Waals surface area (Å²) >= 11 is 7.60. The fourth-order valence-electron chi connectivity index (χ4n) is 3.95. The van der Waals surface area contributed by atoms with Gasteiger partial charge in [-0.2, -0.15) is 0 Å². The minimum absolute atomic E-state index is 0.0710. The second-order valence-electron chi connectivity index (χ2n) is 7.01. The largest absolute Gasteiger partial charge is 0.379 e. The van der Waals surface area contributed by atoms with Crippen molar-refractivity contribution in [1.82, 2.24) is 19.8 Å². The molecule has 1 saturated carbocycles. The van der Waals surface area contributed by atoms with E-state index >= 15 is 0 Å². The normalized spacial score (nSPS) is 21.4. The lowest BCUT2D eigenvalue weighted by Gasteiger charge is -2.31. The standard InChI is InChI=1S/C18H19ClN4O2S/c19-17-20-4-1-13(21-17)14-11-12-15(26-14)18(2-3-18)23(16(12)24)6-5-22-7-9-25-10-8-22/h1,4,11H,2-3,5-10H2. The molecule has 4 heterocycles. The average Bonchev–Trinajstić information content (AvgIpc) is 3.27. The molecule has 3 aliphatic rings. The molecule has 0 unspecified atom stereocenters. The number of rotatable bonds is 4. The topological polar surface area (TPSA) is 58.6 Å². The van der Waals surface area contributed by atoms with Crippen LogP contribution in [0.25, 0.3) is 10.6 Å². The van der Waals surface area contributed by atoms with Gasteiger partial charge >= 0.3 is 0 Å². The molecule has 2 aliphatic heterocycles. The van der Waals surface area contributed by atoms with E-state index < -0.39 is 0 Å². The number of thiophene rings is 1. The van der Waals surface area contributed by atoms with Crippen LogP contribution in [-0.4, -0.2) is 65.1 Å². The van der Waals surface area contributed by atoms with Crippen LogP contribution in [0.4, 0.5) is 0 Å². The lowest BCUT2D eigenvalue weighted by Crippen LogP contribution is -2.44. The van der Waals surface area contributed by atoms with Gasteiger partial charge in [0.25, 0.3) is 5.91 Å². The lowest BCUT2D eigenvalue weighted by molar-refractivity contribution is 0.0298. The maximum atomic E-state index is 13.1. The summed E-state index contributed by atoms with van der Waals surface area (Å²) in [5.74, 6) is 0.161. The summed E-state index contributed by atoms with van der Waals surface area (Å²) in [6, 6.07) is 3.82. The summed E-state index contributed by atoms with van der Waals surface area (Å²) in [5, 5.41) is 0.232. The number of carbonyl (C=O) groups is 1. The molecule has 2 aromatic rings. The van der Waals surface area contributed by atoms with E-state index in [0.717, 1.165) is 68.4 Å². The van der Waals surface area contributed by atoms with Gasteiger partial charge in [-0.15, -0.1) is 11.3 Å². The lowest BCUT2D eigenvalue weighted by atomic mass is 10.2. The molecule has 1 amide bonds. The van der Waals surface area contributed by atoms with Crippen LogP contribution >= 0.6 is 22.9 Å². The second-order valence-corrected chi connectivity index (χ2v) is 8.40. The van der Waals surface area contributed by atoms with E-state index in [1.54, 1.807) is 17.5 Å². The molecule has 2 fully saturated rings. The predicted molar refractivity (Wildman–Crippen MR) is 99.6 cm³/mol. The predicted octanol–water partition coefficient (Wildman–Crippen LogP) is 2.64.